The Bertz CT molecular complexity index is 547. The summed E-state index contributed by atoms with van der Waals surface area (Å²) in [6.07, 6.45) is -0.280. The molecule has 1 aromatic carbocycles. The number of nitrogens with two attached hydrogens (primary N) is 1. The van der Waals surface area contributed by atoms with Gasteiger partial charge in [0.1, 0.15) is 11.8 Å². The van der Waals surface area contributed by atoms with Gasteiger partial charge in [-0.15, -0.1) is 0 Å². The van der Waals surface area contributed by atoms with Crippen molar-refractivity contribution in [1.82, 2.24) is 5.32 Å². The predicted octanol–water partition coefficient (Wildman–Crippen LogP) is 0.603. The fourth-order valence-corrected chi connectivity index (χ4v) is 1.83. The van der Waals surface area contributed by atoms with Crippen LogP contribution in [0, 0.1) is 0 Å². The zero-order valence-corrected chi connectivity index (χ0v) is 11.9. The van der Waals surface area contributed by atoms with Crippen molar-refractivity contribution in [2.75, 3.05) is 0 Å². The molecule has 5 N–H and O–H groups in total. The van der Waals surface area contributed by atoms with Crippen LogP contribution < -0.4 is 11.1 Å². The number of carbonyl (C=O) groups excluding carboxylic acids is 2. The highest BCUT2D eigenvalue weighted by molar-refractivity contribution is 9.10. The van der Waals surface area contributed by atoms with Gasteiger partial charge in [-0.2, -0.15) is 0 Å². The average Bonchev–Trinajstić information content (AvgIpc) is 2.33. The molecule has 0 aromatic heterocycles. The maximum Gasteiger partial charge on any atom is 0.326 e. The maximum atomic E-state index is 11.9. The standard InChI is InChI=1S/C12H13BrN2O5/c13-6-1-2-7(9(16)5-6)11(18)15-8(12(19)20)3-4-10(14)17/h1-2,5,8,16H,3-4H2,(H2,14,17)(H,15,18)(H,19,20)/t8-/m1/s1. The van der Waals surface area contributed by atoms with Crippen molar-refractivity contribution in [2.24, 2.45) is 5.73 Å². The van der Waals surface area contributed by atoms with E-state index in [4.69, 9.17) is 10.8 Å². The van der Waals surface area contributed by atoms with Crippen LogP contribution >= 0.6 is 15.9 Å². The minimum absolute atomic E-state index is 0.0569. The summed E-state index contributed by atoms with van der Waals surface area (Å²) in [7, 11) is 0. The molecule has 2 amide bonds. The highest BCUT2D eigenvalue weighted by Gasteiger charge is 2.22. The quantitative estimate of drug-likeness (QED) is 0.600. The van der Waals surface area contributed by atoms with E-state index in [-0.39, 0.29) is 24.2 Å². The predicted molar refractivity (Wildman–Crippen MR) is 73.1 cm³/mol. The van der Waals surface area contributed by atoms with Crippen LogP contribution in [0.15, 0.2) is 22.7 Å². The number of benzene rings is 1. The molecule has 0 saturated heterocycles. The molecule has 20 heavy (non-hydrogen) atoms. The van der Waals surface area contributed by atoms with Crippen LogP contribution in [0.5, 0.6) is 5.75 Å². The molecule has 7 nitrogen and oxygen atoms in total. The van der Waals surface area contributed by atoms with Crippen LogP contribution in [-0.4, -0.2) is 34.0 Å². The zero-order chi connectivity index (χ0) is 15.3. The Hall–Kier alpha value is -2.09. The maximum absolute atomic E-state index is 11.9. The Balaban J connectivity index is 2.80. The molecule has 8 heteroatoms. The number of phenols is 1. The molecule has 1 aromatic rings. The number of carboxylic acid groups (broad SMARTS) is 1. The summed E-state index contributed by atoms with van der Waals surface area (Å²) in [5.41, 5.74) is 4.88. The van der Waals surface area contributed by atoms with Gasteiger partial charge in [-0.1, -0.05) is 15.9 Å². The van der Waals surface area contributed by atoms with Gasteiger partial charge in [-0.25, -0.2) is 4.79 Å². The van der Waals surface area contributed by atoms with Crippen LogP contribution in [0.3, 0.4) is 0 Å². The van der Waals surface area contributed by atoms with Gasteiger partial charge in [0, 0.05) is 10.9 Å². The lowest BCUT2D eigenvalue weighted by Gasteiger charge is -2.14. The van der Waals surface area contributed by atoms with Gasteiger partial charge >= 0.3 is 5.97 Å². The van der Waals surface area contributed by atoms with E-state index in [0.29, 0.717) is 4.47 Å². The number of nitrogens with one attached hydrogen (secondary N) is 1. The molecule has 0 spiro atoms. The van der Waals surface area contributed by atoms with E-state index >= 15 is 0 Å². The van der Waals surface area contributed by atoms with Gasteiger partial charge in [0.25, 0.3) is 5.91 Å². The second-order valence-electron chi connectivity index (χ2n) is 4.03. The second-order valence-corrected chi connectivity index (χ2v) is 4.95. The van der Waals surface area contributed by atoms with Crippen LogP contribution in [0.25, 0.3) is 0 Å². The van der Waals surface area contributed by atoms with Gasteiger partial charge in [0.2, 0.25) is 5.91 Å². The molecule has 0 heterocycles. The first-order chi connectivity index (χ1) is 9.31. The number of hydrogen-bond donors (Lipinski definition) is 4. The Labute approximate surface area is 122 Å². The Morgan fingerprint density at radius 2 is 2.00 bits per heavy atom. The van der Waals surface area contributed by atoms with Crippen molar-refractivity contribution in [1.29, 1.82) is 0 Å². The van der Waals surface area contributed by atoms with Crippen molar-refractivity contribution >= 4 is 33.7 Å². The number of carboxylic acids is 1. The van der Waals surface area contributed by atoms with E-state index in [2.05, 4.69) is 21.2 Å². The third-order valence-corrected chi connectivity index (χ3v) is 2.98. The van der Waals surface area contributed by atoms with Crippen molar-refractivity contribution in [2.45, 2.75) is 18.9 Å². The lowest BCUT2D eigenvalue weighted by atomic mass is 10.1. The number of aliphatic carboxylic acids is 1. The topological polar surface area (TPSA) is 130 Å². The van der Waals surface area contributed by atoms with Crippen molar-refractivity contribution in [3.8, 4) is 5.75 Å². The summed E-state index contributed by atoms with van der Waals surface area (Å²) in [5.74, 6) is -2.96. The van der Waals surface area contributed by atoms with Crippen LogP contribution in [-0.2, 0) is 9.59 Å². The number of phenolic OH excluding ortho intramolecular Hbond substituents is 1. The molecule has 0 fully saturated rings. The monoisotopic (exact) mass is 344 g/mol. The number of amides is 2. The molecular formula is C12H13BrN2O5. The van der Waals surface area contributed by atoms with Crippen LogP contribution in [0.1, 0.15) is 23.2 Å². The van der Waals surface area contributed by atoms with Crippen LogP contribution in [0.2, 0.25) is 0 Å². The van der Waals surface area contributed by atoms with Gasteiger partial charge in [0.15, 0.2) is 0 Å². The summed E-state index contributed by atoms with van der Waals surface area (Å²) in [6.45, 7) is 0. The molecule has 0 aliphatic heterocycles. The molecule has 0 unspecified atom stereocenters. The lowest BCUT2D eigenvalue weighted by molar-refractivity contribution is -0.139. The number of hydrogen-bond acceptors (Lipinski definition) is 4. The summed E-state index contributed by atoms with van der Waals surface area (Å²) in [6, 6.07) is 2.95. The van der Waals surface area contributed by atoms with Crippen LogP contribution in [0.4, 0.5) is 0 Å². The largest absolute Gasteiger partial charge is 0.507 e. The molecule has 108 valence electrons. The van der Waals surface area contributed by atoms with E-state index < -0.39 is 23.8 Å². The number of primary amides is 1. The molecule has 1 rings (SSSR count). The highest BCUT2D eigenvalue weighted by Crippen LogP contribution is 2.22. The third kappa shape index (κ3) is 4.54. The fraction of sp³-hybridized carbons (Fsp3) is 0.250. The highest BCUT2D eigenvalue weighted by atomic mass is 79.9. The molecule has 0 aliphatic rings. The van der Waals surface area contributed by atoms with E-state index in [1.54, 1.807) is 0 Å². The van der Waals surface area contributed by atoms with E-state index in [9.17, 15) is 19.5 Å². The van der Waals surface area contributed by atoms with E-state index in [1.807, 2.05) is 0 Å². The number of rotatable bonds is 6. The Morgan fingerprint density at radius 3 is 2.50 bits per heavy atom. The SMILES string of the molecule is NC(=O)CC[C@@H](NC(=O)c1ccc(Br)cc1O)C(=O)O. The molecule has 0 saturated carbocycles. The van der Waals surface area contributed by atoms with Crippen molar-refractivity contribution in [3.05, 3.63) is 28.2 Å². The third-order valence-electron chi connectivity index (χ3n) is 2.49. The molecule has 1 atom stereocenters. The van der Waals surface area contributed by atoms with Gasteiger partial charge in [0.05, 0.1) is 5.56 Å². The number of halogens is 1. The van der Waals surface area contributed by atoms with E-state index in [0.717, 1.165) is 0 Å². The van der Waals surface area contributed by atoms with Crippen molar-refractivity contribution in [3.63, 3.8) is 0 Å². The summed E-state index contributed by atoms with van der Waals surface area (Å²) in [5, 5.41) is 20.8. The zero-order valence-electron chi connectivity index (χ0n) is 10.3. The fourth-order valence-electron chi connectivity index (χ4n) is 1.48. The minimum Gasteiger partial charge on any atom is -0.507 e. The smallest absolute Gasteiger partial charge is 0.326 e. The number of carbonyl (C=O) groups is 3. The summed E-state index contributed by atoms with van der Waals surface area (Å²) in [4.78, 5) is 33.5. The number of aromatic hydroxyl groups is 1. The summed E-state index contributed by atoms with van der Waals surface area (Å²) < 4.78 is 0.579. The first kappa shape index (κ1) is 16.0. The lowest BCUT2D eigenvalue weighted by Crippen LogP contribution is -2.41. The molecule has 0 aliphatic carbocycles. The Morgan fingerprint density at radius 1 is 1.35 bits per heavy atom. The van der Waals surface area contributed by atoms with Gasteiger partial charge < -0.3 is 21.3 Å². The van der Waals surface area contributed by atoms with E-state index in [1.165, 1.54) is 18.2 Å². The van der Waals surface area contributed by atoms with Crippen molar-refractivity contribution < 1.29 is 24.6 Å². The molecule has 0 radical (unpaired) electrons. The average molecular weight is 345 g/mol. The summed E-state index contributed by atoms with van der Waals surface area (Å²) >= 11 is 3.12. The minimum atomic E-state index is -1.28. The normalized spacial score (nSPS) is 11.7. The van der Waals surface area contributed by atoms with Gasteiger partial charge in [-0.05, 0) is 24.6 Å². The second kappa shape index (κ2) is 6.90. The Kier molecular flexibility index (Phi) is 5.51. The molecule has 0 bridgehead atoms. The molecular weight excluding hydrogens is 332 g/mol. The first-order valence-corrected chi connectivity index (χ1v) is 6.41. The van der Waals surface area contributed by atoms with Gasteiger partial charge in [-0.3, -0.25) is 9.59 Å². The first-order valence-electron chi connectivity index (χ1n) is 5.61.